The van der Waals surface area contributed by atoms with Crippen molar-refractivity contribution in [3.63, 3.8) is 0 Å². The van der Waals surface area contributed by atoms with E-state index in [-0.39, 0.29) is 11.2 Å². The van der Waals surface area contributed by atoms with E-state index in [0.29, 0.717) is 11.6 Å². The summed E-state index contributed by atoms with van der Waals surface area (Å²) in [6, 6.07) is 0. The number of aryl methyl sites for hydroxylation is 1. The van der Waals surface area contributed by atoms with Crippen LogP contribution in [-0.2, 0) is 11.8 Å². The summed E-state index contributed by atoms with van der Waals surface area (Å²) in [5.41, 5.74) is 0.238. The SMILES string of the molecule is COCCC1(CNc2c([N+](=O)[O-])nc(C)n2C)CC1. The summed E-state index contributed by atoms with van der Waals surface area (Å²) in [5, 5.41) is 14.2. The van der Waals surface area contributed by atoms with Crippen LogP contribution < -0.4 is 5.32 Å². The van der Waals surface area contributed by atoms with Gasteiger partial charge in [0, 0.05) is 34.2 Å². The van der Waals surface area contributed by atoms with Gasteiger partial charge in [0.2, 0.25) is 11.6 Å². The Labute approximate surface area is 112 Å². The Kier molecular flexibility index (Phi) is 3.75. The maximum Gasteiger partial charge on any atom is 0.406 e. The third-order valence-corrected chi connectivity index (χ3v) is 3.90. The standard InChI is InChI=1S/C12H20N4O3/c1-9-14-11(16(17)18)10(15(9)2)13-8-12(4-5-12)6-7-19-3/h13H,4-8H2,1-3H3. The molecule has 0 atom stereocenters. The molecule has 0 aromatic carbocycles. The largest absolute Gasteiger partial charge is 0.406 e. The van der Waals surface area contributed by atoms with Gasteiger partial charge in [0.15, 0.2) is 0 Å². The van der Waals surface area contributed by atoms with Gasteiger partial charge in [0.1, 0.15) is 0 Å². The fourth-order valence-electron chi connectivity index (χ4n) is 2.20. The predicted octanol–water partition coefficient (Wildman–Crippen LogP) is 1.87. The number of ether oxygens (including phenoxy) is 1. The number of imidazole rings is 1. The van der Waals surface area contributed by atoms with Crippen molar-refractivity contribution in [2.45, 2.75) is 26.2 Å². The third-order valence-electron chi connectivity index (χ3n) is 3.90. The summed E-state index contributed by atoms with van der Waals surface area (Å²) in [6.07, 6.45) is 3.28. The lowest BCUT2D eigenvalue weighted by Gasteiger charge is -2.16. The zero-order valence-electron chi connectivity index (χ0n) is 11.6. The van der Waals surface area contributed by atoms with Gasteiger partial charge in [-0.1, -0.05) is 0 Å². The number of hydrogen-bond donors (Lipinski definition) is 1. The fraction of sp³-hybridized carbons (Fsp3) is 0.750. The lowest BCUT2D eigenvalue weighted by atomic mass is 10.0. The molecule has 7 heteroatoms. The highest BCUT2D eigenvalue weighted by atomic mass is 16.6. The molecule has 0 unspecified atom stereocenters. The van der Waals surface area contributed by atoms with Gasteiger partial charge in [-0.2, -0.15) is 0 Å². The maximum absolute atomic E-state index is 11.0. The van der Waals surface area contributed by atoms with Crippen molar-refractivity contribution in [2.24, 2.45) is 12.5 Å². The molecular formula is C12H20N4O3. The molecule has 1 N–H and O–H groups in total. The van der Waals surface area contributed by atoms with E-state index in [1.165, 1.54) is 0 Å². The van der Waals surface area contributed by atoms with E-state index in [4.69, 9.17) is 4.74 Å². The summed E-state index contributed by atoms with van der Waals surface area (Å²) in [5.74, 6) is 1.03. The minimum absolute atomic E-state index is 0.0949. The van der Waals surface area contributed by atoms with Crippen LogP contribution in [-0.4, -0.2) is 34.7 Å². The van der Waals surface area contributed by atoms with Crippen LogP contribution in [0.3, 0.4) is 0 Å². The van der Waals surface area contributed by atoms with Gasteiger partial charge in [0.05, 0.1) is 0 Å². The Morgan fingerprint density at radius 3 is 2.79 bits per heavy atom. The van der Waals surface area contributed by atoms with Crippen molar-refractivity contribution >= 4 is 11.6 Å². The number of methoxy groups -OCH3 is 1. The van der Waals surface area contributed by atoms with Crippen LogP contribution >= 0.6 is 0 Å². The maximum atomic E-state index is 11.0. The lowest BCUT2D eigenvalue weighted by molar-refractivity contribution is -0.388. The number of nitrogens with zero attached hydrogens (tertiary/aromatic N) is 3. The van der Waals surface area contributed by atoms with Crippen LogP contribution in [0.2, 0.25) is 0 Å². The van der Waals surface area contributed by atoms with Crippen molar-refractivity contribution < 1.29 is 9.66 Å². The van der Waals surface area contributed by atoms with Crippen LogP contribution in [0.1, 0.15) is 25.1 Å². The van der Waals surface area contributed by atoms with E-state index >= 15 is 0 Å². The molecule has 1 aromatic rings. The minimum Gasteiger partial charge on any atom is -0.385 e. The van der Waals surface area contributed by atoms with E-state index < -0.39 is 4.92 Å². The zero-order valence-corrected chi connectivity index (χ0v) is 11.6. The molecule has 0 saturated heterocycles. The van der Waals surface area contributed by atoms with Crippen molar-refractivity contribution in [2.75, 3.05) is 25.6 Å². The first-order chi connectivity index (χ1) is 8.99. The Morgan fingerprint density at radius 2 is 2.26 bits per heavy atom. The molecule has 7 nitrogen and oxygen atoms in total. The normalized spacial score (nSPS) is 16.4. The van der Waals surface area contributed by atoms with Crippen LogP contribution in [0, 0.1) is 22.5 Å². The number of anilines is 1. The van der Waals surface area contributed by atoms with Gasteiger partial charge in [-0.3, -0.25) is 4.57 Å². The van der Waals surface area contributed by atoms with Gasteiger partial charge in [0.25, 0.3) is 0 Å². The molecule has 106 valence electrons. The van der Waals surface area contributed by atoms with Crippen molar-refractivity contribution in [1.82, 2.24) is 9.55 Å². The highest BCUT2D eigenvalue weighted by Gasteiger charge is 2.42. The molecule has 0 aliphatic heterocycles. The third kappa shape index (κ3) is 2.86. The molecular weight excluding hydrogens is 248 g/mol. The molecule has 0 bridgehead atoms. The Morgan fingerprint density at radius 1 is 1.58 bits per heavy atom. The summed E-state index contributed by atoms with van der Waals surface area (Å²) < 4.78 is 6.83. The molecule has 2 rings (SSSR count). The van der Waals surface area contributed by atoms with Crippen LogP contribution in [0.25, 0.3) is 0 Å². The number of rotatable bonds is 7. The highest BCUT2D eigenvalue weighted by molar-refractivity contribution is 5.53. The summed E-state index contributed by atoms with van der Waals surface area (Å²) in [7, 11) is 3.48. The molecule has 0 amide bonds. The predicted molar refractivity (Wildman–Crippen MR) is 71.2 cm³/mol. The molecule has 19 heavy (non-hydrogen) atoms. The second kappa shape index (κ2) is 5.16. The van der Waals surface area contributed by atoms with E-state index in [9.17, 15) is 10.1 Å². The van der Waals surface area contributed by atoms with Gasteiger partial charge in [-0.25, -0.2) is 0 Å². The first-order valence-electron chi connectivity index (χ1n) is 6.40. The van der Waals surface area contributed by atoms with Crippen LogP contribution in [0.5, 0.6) is 0 Å². The molecule has 1 saturated carbocycles. The Hall–Kier alpha value is -1.63. The fourth-order valence-corrected chi connectivity index (χ4v) is 2.20. The van der Waals surface area contributed by atoms with Gasteiger partial charge in [-0.15, -0.1) is 0 Å². The first-order valence-corrected chi connectivity index (χ1v) is 6.40. The van der Waals surface area contributed by atoms with E-state index in [2.05, 4.69) is 10.3 Å². The Balaban J connectivity index is 2.05. The van der Waals surface area contributed by atoms with E-state index in [0.717, 1.165) is 32.4 Å². The van der Waals surface area contributed by atoms with Gasteiger partial charge < -0.3 is 20.2 Å². The van der Waals surface area contributed by atoms with E-state index in [1.54, 1.807) is 25.6 Å². The average molecular weight is 268 g/mol. The number of nitrogens with one attached hydrogen (secondary N) is 1. The quantitative estimate of drug-likeness (QED) is 0.603. The average Bonchev–Trinajstić information content (AvgIpc) is 3.08. The van der Waals surface area contributed by atoms with Crippen molar-refractivity contribution in [1.29, 1.82) is 0 Å². The molecule has 1 fully saturated rings. The summed E-state index contributed by atoms with van der Waals surface area (Å²) >= 11 is 0. The number of nitro groups is 1. The monoisotopic (exact) mass is 268 g/mol. The lowest BCUT2D eigenvalue weighted by Crippen LogP contribution is -2.19. The smallest absolute Gasteiger partial charge is 0.385 e. The second-order valence-corrected chi connectivity index (χ2v) is 5.24. The molecule has 1 heterocycles. The Bertz CT molecular complexity index is 480. The highest BCUT2D eigenvalue weighted by Crippen LogP contribution is 2.49. The molecule has 1 aromatic heterocycles. The molecule has 1 aliphatic carbocycles. The van der Waals surface area contributed by atoms with Gasteiger partial charge >= 0.3 is 5.82 Å². The molecule has 0 spiro atoms. The number of hydrogen-bond acceptors (Lipinski definition) is 5. The van der Waals surface area contributed by atoms with Crippen molar-refractivity contribution in [3.8, 4) is 0 Å². The van der Waals surface area contributed by atoms with Crippen molar-refractivity contribution in [3.05, 3.63) is 15.9 Å². The molecule has 0 radical (unpaired) electrons. The summed E-state index contributed by atoms with van der Waals surface area (Å²) in [6.45, 7) is 3.22. The topological polar surface area (TPSA) is 82.2 Å². The van der Waals surface area contributed by atoms with E-state index in [1.807, 2.05) is 0 Å². The summed E-state index contributed by atoms with van der Waals surface area (Å²) in [4.78, 5) is 14.5. The van der Waals surface area contributed by atoms with Gasteiger partial charge in [-0.05, 0) is 34.6 Å². The van der Waals surface area contributed by atoms with Crippen LogP contribution in [0.15, 0.2) is 0 Å². The van der Waals surface area contributed by atoms with Crippen LogP contribution in [0.4, 0.5) is 11.6 Å². The molecule has 1 aliphatic rings. The second-order valence-electron chi connectivity index (χ2n) is 5.24. The minimum atomic E-state index is -0.440. The number of aromatic nitrogens is 2. The first kappa shape index (κ1) is 13.8. The zero-order chi connectivity index (χ0) is 14.0.